The lowest BCUT2D eigenvalue weighted by atomic mass is 9.89. The SMILES string of the molecule is c1ccc(N2CCOC3CCCCC32)c(CNC2CC2)c1. The highest BCUT2D eigenvalue weighted by molar-refractivity contribution is 5.55. The van der Waals surface area contributed by atoms with Crippen LogP contribution >= 0.6 is 0 Å². The van der Waals surface area contributed by atoms with E-state index >= 15 is 0 Å². The van der Waals surface area contributed by atoms with Crippen LogP contribution in [0.25, 0.3) is 0 Å². The normalized spacial score (nSPS) is 29.2. The van der Waals surface area contributed by atoms with Crippen molar-refractivity contribution in [2.75, 3.05) is 18.1 Å². The summed E-state index contributed by atoms with van der Waals surface area (Å²) in [4.78, 5) is 2.64. The summed E-state index contributed by atoms with van der Waals surface area (Å²) in [5.74, 6) is 0. The van der Waals surface area contributed by atoms with E-state index in [0.717, 1.165) is 25.7 Å². The number of hydrogen-bond acceptors (Lipinski definition) is 3. The summed E-state index contributed by atoms with van der Waals surface area (Å²) in [5.41, 5.74) is 2.89. The fraction of sp³-hybridized carbons (Fsp3) is 0.667. The van der Waals surface area contributed by atoms with Gasteiger partial charge in [-0.15, -0.1) is 0 Å². The van der Waals surface area contributed by atoms with Crippen LogP contribution in [0.3, 0.4) is 0 Å². The summed E-state index contributed by atoms with van der Waals surface area (Å²) >= 11 is 0. The molecule has 0 spiro atoms. The molecule has 1 heterocycles. The molecule has 114 valence electrons. The lowest BCUT2D eigenvalue weighted by Crippen LogP contribution is -2.53. The second-order valence-electron chi connectivity index (χ2n) is 6.74. The van der Waals surface area contributed by atoms with Crippen LogP contribution < -0.4 is 10.2 Å². The van der Waals surface area contributed by atoms with E-state index in [1.807, 2.05) is 0 Å². The van der Waals surface area contributed by atoms with Crippen molar-refractivity contribution in [3.63, 3.8) is 0 Å². The van der Waals surface area contributed by atoms with Gasteiger partial charge in [-0.1, -0.05) is 31.0 Å². The second-order valence-corrected chi connectivity index (χ2v) is 6.74. The zero-order valence-electron chi connectivity index (χ0n) is 12.8. The summed E-state index contributed by atoms with van der Waals surface area (Å²) in [7, 11) is 0. The van der Waals surface area contributed by atoms with E-state index in [1.54, 1.807) is 0 Å². The Balaban J connectivity index is 1.55. The minimum absolute atomic E-state index is 0.456. The summed E-state index contributed by atoms with van der Waals surface area (Å²) in [6, 6.07) is 10.3. The Kier molecular flexibility index (Phi) is 3.87. The van der Waals surface area contributed by atoms with Crippen molar-refractivity contribution in [1.82, 2.24) is 5.32 Å². The topological polar surface area (TPSA) is 24.5 Å². The molecular weight excluding hydrogens is 260 g/mol. The molecule has 0 bridgehead atoms. The number of fused-ring (bicyclic) bond motifs is 1. The van der Waals surface area contributed by atoms with E-state index in [1.165, 1.54) is 49.8 Å². The maximum Gasteiger partial charge on any atom is 0.0779 e. The van der Waals surface area contributed by atoms with Gasteiger partial charge < -0.3 is 15.0 Å². The molecule has 1 aromatic rings. The Bertz CT molecular complexity index is 484. The average molecular weight is 286 g/mol. The first kappa shape index (κ1) is 13.6. The number of nitrogens with one attached hydrogen (secondary N) is 1. The minimum Gasteiger partial charge on any atom is -0.374 e. The number of para-hydroxylation sites is 1. The molecule has 3 nitrogen and oxygen atoms in total. The summed E-state index contributed by atoms with van der Waals surface area (Å²) in [6.45, 7) is 2.93. The van der Waals surface area contributed by atoms with Crippen LogP contribution in [-0.4, -0.2) is 31.3 Å². The Morgan fingerprint density at radius 2 is 1.95 bits per heavy atom. The van der Waals surface area contributed by atoms with E-state index < -0.39 is 0 Å². The van der Waals surface area contributed by atoms with Gasteiger partial charge in [0.05, 0.1) is 18.8 Å². The van der Waals surface area contributed by atoms with Crippen molar-refractivity contribution in [3.05, 3.63) is 29.8 Å². The molecule has 2 aliphatic carbocycles. The van der Waals surface area contributed by atoms with Crippen molar-refractivity contribution in [1.29, 1.82) is 0 Å². The molecule has 4 rings (SSSR count). The summed E-state index contributed by atoms with van der Waals surface area (Å²) in [6.07, 6.45) is 8.37. The van der Waals surface area contributed by atoms with Crippen LogP contribution in [0.1, 0.15) is 44.1 Å². The van der Waals surface area contributed by atoms with Crippen LogP contribution in [0.15, 0.2) is 24.3 Å². The molecule has 3 heteroatoms. The van der Waals surface area contributed by atoms with Crippen molar-refractivity contribution in [2.45, 2.75) is 63.3 Å². The zero-order valence-corrected chi connectivity index (χ0v) is 12.8. The molecule has 3 aliphatic rings. The third-order valence-corrected chi connectivity index (χ3v) is 5.19. The van der Waals surface area contributed by atoms with Gasteiger partial charge in [0.25, 0.3) is 0 Å². The van der Waals surface area contributed by atoms with E-state index in [4.69, 9.17) is 4.74 Å². The van der Waals surface area contributed by atoms with Gasteiger partial charge in [0.15, 0.2) is 0 Å². The van der Waals surface area contributed by atoms with E-state index in [-0.39, 0.29) is 0 Å². The average Bonchev–Trinajstić information content (AvgIpc) is 3.37. The van der Waals surface area contributed by atoms with E-state index in [9.17, 15) is 0 Å². The van der Waals surface area contributed by atoms with Crippen LogP contribution in [0.4, 0.5) is 5.69 Å². The molecule has 1 aliphatic heterocycles. The standard InChI is InChI=1S/C18H26N2O/c1-2-6-16(14(5-1)13-19-15-9-10-15)20-11-12-21-18-8-4-3-7-17(18)20/h1-2,5-6,15,17-19H,3-4,7-13H2. The zero-order chi connectivity index (χ0) is 14.1. The highest BCUT2D eigenvalue weighted by atomic mass is 16.5. The predicted molar refractivity (Wildman–Crippen MR) is 85.6 cm³/mol. The maximum atomic E-state index is 6.02. The van der Waals surface area contributed by atoms with Gasteiger partial charge in [-0.05, 0) is 37.3 Å². The van der Waals surface area contributed by atoms with Gasteiger partial charge in [0, 0.05) is 24.8 Å². The largest absolute Gasteiger partial charge is 0.374 e. The smallest absolute Gasteiger partial charge is 0.0779 e. The van der Waals surface area contributed by atoms with Crippen LogP contribution in [0, 0.1) is 0 Å². The van der Waals surface area contributed by atoms with E-state index in [2.05, 4.69) is 34.5 Å². The van der Waals surface area contributed by atoms with Gasteiger partial charge in [-0.2, -0.15) is 0 Å². The van der Waals surface area contributed by atoms with E-state index in [0.29, 0.717) is 12.1 Å². The molecule has 2 saturated carbocycles. The summed E-state index contributed by atoms with van der Waals surface area (Å²) in [5, 5.41) is 3.67. The molecule has 3 fully saturated rings. The number of hydrogen-bond donors (Lipinski definition) is 1. The van der Waals surface area contributed by atoms with Crippen molar-refractivity contribution < 1.29 is 4.74 Å². The quantitative estimate of drug-likeness (QED) is 0.920. The molecule has 1 aromatic carbocycles. The first-order valence-electron chi connectivity index (χ1n) is 8.61. The molecule has 0 amide bonds. The molecule has 0 aromatic heterocycles. The highest BCUT2D eigenvalue weighted by Gasteiger charge is 2.35. The lowest BCUT2D eigenvalue weighted by molar-refractivity contribution is -0.00874. The molecular formula is C18H26N2O. The molecule has 21 heavy (non-hydrogen) atoms. The van der Waals surface area contributed by atoms with Crippen LogP contribution in [0.2, 0.25) is 0 Å². The number of anilines is 1. The Labute approximate surface area is 127 Å². The van der Waals surface area contributed by atoms with Crippen molar-refractivity contribution in [3.8, 4) is 0 Å². The minimum atomic E-state index is 0.456. The van der Waals surface area contributed by atoms with Gasteiger partial charge in [0.1, 0.15) is 0 Å². The van der Waals surface area contributed by atoms with Crippen LogP contribution in [0.5, 0.6) is 0 Å². The maximum absolute atomic E-state index is 6.02. The second kappa shape index (κ2) is 5.98. The van der Waals surface area contributed by atoms with Gasteiger partial charge in [-0.25, -0.2) is 0 Å². The first-order valence-corrected chi connectivity index (χ1v) is 8.61. The van der Waals surface area contributed by atoms with Crippen molar-refractivity contribution in [2.24, 2.45) is 0 Å². The first-order chi connectivity index (χ1) is 10.4. The number of nitrogens with zero attached hydrogens (tertiary/aromatic N) is 1. The third-order valence-electron chi connectivity index (χ3n) is 5.19. The van der Waals surface area contributed by atoms with Crippen molar-refractivity contribution >= 4 is 5.69 Å². The fourth-order valence-electron chi connectivity index (χ4n) is 3.88. The third kappa shape index (κ3) is 2.95. The number of ether oxygens (including phenoxy) is 1. The Morgan fingerprint density at radius 1 is 1.10 bits per heavy atom. The predicted octanol–water partition coefficient (Wildman–Crippen LogP) is 3.09. The summed E-state index contributed by atoms with van der Waals surface area (Å²) < 4.78 is 6.02. The number of morpholine rings is 1. The lowest BCUT2D eigenvalue weighted by Gasteiger charge is -2.45. The molecule has 1 N–H and O–H groups in total. The molecule has 1 saturated heterocycles. The Hall–Kier alpha value is -1.06. The monoisotopic (exact) mass is 286 g/mol. The number of benzene rings is 1. The fourth-order valence-corrected chi connectivity index (χ4v) is 3.88. The number of rotatable bonds is 4. The molecule has 2 unspecified atom stereocenters. The molecule has 2 atom stereocenters. The van der Waals surface area contributed by atoms with Gasteiger partial charge >= 0.3 is 0 Å². The van der Waals surface area contributed by atoms with Gasteiger partial charge in [0.2, 0.25) is 0 Å². The Morgan fingerprint density at radius 3 is 2.86 bits per heavy atom. The van der Waals surface area contributed by atoms with Gasteiger partial charge in [-0.3, -0.25) is 0 Å². The molecule has 0 radical (unpaired) electrons. The van der Waals surface area contributed by atoms with Crippen LogP contribution in [-0.2, 0) is 11.3 Å². The highest BCUT2D eigenvalue weighted by Crippen LogP contribution is 2.33.